The van der Waals surface area contributed by atoms with E-state index in [2.05, 4.69) is 0 Å². The molecule has 0 N–H and O–H groups in total. The van der Waals surface area contributed by atoms with E-state index in [4.69, 9.17) is 23.7 Å². The van der Waals surface area contributed by atoms with Crippen molar-refractivity contribution in [2.75, 3.05) is 6.61 Å². The van der Waals surface area contributed by atoms with E-state index in [1.54, 1.807) is 41.5 Å². The zero-order valence-corrected chi connectivity index (χ0v) is 20.6. The van der Waals surface area contributed by atoms with Crippen LogP contribution >= 0.6 is 0 Å². The Balaban J connectivity index is 2.22. The molecule has 1 aliphatic rings. The minimum absolute atomic E-state index is 0.163. The van der Waals surface area contributed by atoms with Crippen LogP contribution in [0, 0.1) is 10.8 Å². The van der Waals surface area contributed by atoms with Gasteiger partial charge in [-0.25, -0.2) is 0 Å². The molecule has 1 aromatic rings. The Morgan fingerprint density at radius 1 is 0.939 bits per heavy atom. The monoisotopic (exact) mass is 464 g/mol. The molecule has 1 fully saturated rings. The number of carbonyl (C=O) groups excluding carboxylic acids is 3. The zero-order chi connectivity index (χ0) is 24.8. The molecule has 1 saturated heterocycles. The van der Waals surface area contributed by atoms with Crippen molar-refractivity contribution in [3.05, 3.63) is 35.9 Å². The van der Waals surface area contributed by atoms with Gasteiger partial charge >= 0.3 is 17.9 Å². The first-order valence-electron chi connectivity index (χ1n) is 11.1. The summed E-state index contributed by atoms with van der Waals surface area (Å²) in [5.41, 5.74) is -0.525. The van der Waals surface area contributed by atoms with Crippen LogP contribution in [-0.4, -0.2) is 49.1 Å². The minimum Gasteiger partial charge on any atom is -0.462 e. The highest BCUT2D eigenvalue weighted by Crippen LogP contribution is 2.30. The number of esters is 3. The standard InChI is InChI=1S/C25H36O8/c1-16(26)31-21-18(33-23(28)25(5,6)7)13-20(29-14-17-11-9-8-10-12-17)32-19(21)15-30-22(27)24(2,3)4/h8-12,18-21H,13-15H2,1-7H3/t18-,19-,20-,21+/m1/s1. The van der Waals surface area contributed by atoms with Gasteiger partial charge in [-0.05, 0) is 47.1 Å². The van der Waals surface area contributed by atoms with E-state index < -0.39 is 53.3 Å². The summed E-state index contributed by atoms with van der Waals surface area (Å²) in [6.07, 6.45) is -3.23. The summed E-state index contributed by atoms with van der Waals surface area (Å²) in [5.74, 6) is -1.43. The lowest BCUT2D eigenvalue weighted by molar-refractivity contribution is -0.271. The number of carbonyl (C=O) groups is 3. The average Bonchev–Trinajstić information content (AvgIpc) is 2.71. The number of hydrogen-bond donors (Lipinski definition) is 0. The van der Waals surface area contributed by atoms with Crippen LogP contribution in [0.15, 0.2) is 30.3 Å². The molecule has 0 unspecified atom stereocenters. The molecular formula is C25H36O8. The van der Waals surface area contributed by atoms with Crippen LogP contribution in [0.2, 0.25) is 0 Å². The lowest BCUT2D eigenvalue weighted by Crippen LogP contribution is -2.55. The second-order valence-electron chi connectivity index (χ2n) is 10.3. The fourth-order valence-electron chi connectivity index (χ4n) is 3.04. The van der Waals surface area contributed by atoms with Crippen LogP contribution in [0.1, 0.15) is 60.5 Å². The van der Waals surface area contributed by atoms with Gasteiger partial charge in [-0.3, -0.25) is 14.4 Å². The topological polar surface area (TPSA) is 97.4 Å². The Labute approximate surface area is 195 Å². The largest absolute Gasteiger partial charge is 0.462 e. The van der Waals surface area contributed by atoms with Crippen molar-refractivity contribution in [2.24, 2.45) is 10.8 Å². The maximum atomic E-state index is 12.6. The first-order valence-corrected chi connectivity index (χ1v) is 11.1. The van der Waals surface area contributed by atoms with Gasteiger partial charge in [-0.1, -0.05) is 30.3 Å². The van der Waals surface area contributed by atoms with Crippen molar-refractivity contribution in [1.82, 2.24) is 0 Å². The Hall–Kier alpha value is -2.45. The van der Waals surface area contributed by atoms with Crippen molar-refractivity contribution in [3.8, 4) is 0 Å². The molecule has 1 aromatic carbocycles. The van der Waals surface area contributed by atoms with Crippen LogP contribution in [0.3, 0.4) is 0 Å². The highest BCUT2D eigenvalue weighted by molar-refractivity contribution is 5.76. The van der Waals surface area contributed by atoms with Crippen molar-refractivity contribution >= 4 is 17.9 Å². The highest BCUT2D eigenvalue weighted by atomic mass is 16.7. The van der Waals surface area contributed by atoms with Crippen molar-refractivity contribution in [1.29, 1.82) is 0 Å². The molecule has 0 saturated carbocycles. The van der Waals surface area contributed by atoms with E-state index in [1.165, 1.54) is 6.92 Å². The van der Waals surface area contributed by atoms with Gasteiger partial charge in [0, 0.05) is 13.3 Å². The Kier molecular flexibility index (Phi) is 9.03. The summed E-state index contributed by atoms with van der Waals surface area (Å²) < 4.78 is 28.6. The van der Waals surface area contributed by atoms with Crippen molar-refractivity contribution in [2.45, 2.75) is 86.1 Å². The van der Waals surface area contributed by atoms with E-state index in [0.29, 0.717) is 0 Å². The predicted molar refractivity (Wildman–Crippen MR) is 120 cm³/mol. The van der Waals surface area contributed by atoms with Crippen LogP contribution in [-0.2, 0) is 44.7 Å². The fourth-order valence-corrected chi connectivity index (χ4v) is 3.04. The third-order valence-corrected chi connectivity index (χ3v) is 4.93. The second-order valence-corrected chi connectivity index (χ2v) is 10.3. The molecule has 2 rings (SSSR count). The smallest absolute Gasteiger partial charge is 0.311 e. The van der Waals surface area contributed by atoms with Crippen molar-refractivity contribution in [3.63, 3.8) is 0 Å². The van der Waals surface area contributed by atoms with Gasteiger partial charge in [-0.15, -0.1) is 0 Å². The first kappa shape index (κ1) is 26.8. The van der Waals surface area contributed by atoms with Gasteiger partial charge < -0.3 is 23.7 Å². The number of rotatable bonds is 7. The third-order valence-electron chi connectivity index (χ3n) is 4.93. The quantitative estimate of drug-likeness (QED) is 0.444. The third kappa shape index (κ3) is 8.44. The van der Waals surface area contributed by atoms with Crippen LogP contribution < -0.4 is 0 Å². The minimum atomic E-state index is -0.946. The molecule has 184 valence electrons. The summed E-state index contributed by atoms with van der Waals surface area (Å²) in [7, 11) is 0. The molecule has 0 amide bonds. The normalized spacial score (nSPS) is 23.5. The Morgan fingerprint density at radius 2 is 1.55 bits per heavy atom. The van der Waals surface area contributed by atoms with E-state index in [-0.39, 0.29) is 19.6 Å². The summed E-state index contributed by atoms with van der Waals surface area (Å²) >= 11 is 0. The summed E-state index contributed by atoms with van der Waals surface area (Å²) in [5, 5.41) is 0. The van der Waals surface area contributed by atoms with Crippen LogP contribution in [0.4, 0.5) is 0 Å². The maximum Gasteiger partial charge on any atom is 0.311 e. The summed E-state index contributed by atoms with van der Waals surface area (Å²) in [4.78, 5) is 36.8. The van der Waals surface area contributed by atoms with Gasteiger partial charge in [0.15, 0.2) is 12.4 Å². The fraction of sp³-hybridized carbons (Fsp3) is 0.640. The first-order chi connectivity index (χ1) is 15.3. The summed E-state index contributed by atoms with van der Waals surface area (Å²) in [6, 6.07) is 9.56. The van der Waals surface area contributed by atoms with Crippen LogP contribution in [0.5, 0.6) is 0 Å². The van der Waals surface area contributed by atoms with Gasteiger partial charge in [-0.2, -0.15) is 0 Å². The van der Waals surface area contributed by atoms with E-state index in [0.717, 1.165) is 5.56 Å². The molecule has 4 atom stereocenters. The molecule has 0 aliphatic carbocycles. The summed E-state index contributed by atoms with van der Waals surface area (Å²) in [6.45, 7) is 11.8. The average molecular weight is 465 g/mol. The number of ether oxygens (including phenoxy) is 5. The number of benzene rings is 1. The lowest BCUT2D eigenvalue weighted by Gasteiger charge is -2.41. The molecule has 8 heteroatoms. The molecule has 1 aliphatic heterocycles. The Morgan fingerprint density at radius 3 is 2.09 bits per heavy atom. The molecule has 1 heterocycles. The predicted octanol–water partition coefficient (Wildman–Crippen LogP) is 3.80. The molecule has 8 nitrogen and oxygen atoms in total. The Bertz CT molecular complexity index is 806. The molecule has 0 radical (unpaired) electrons. The molecule has 0 aromatic heterocycles. The zero-order valence-electron chi connectivity index (χ0n) is 20.6. The van der Waals surface area contributed by atoms with E-state index >= 15 is 0 Å². The van der Waals surface area contributed by atoms with E-state index in [1.807, 2.05) is 30.3 Å². The molecular weight excluding hydrogens is 428 g/mol. The van der Waals surface area contributed by atoms with Gasteiger partial charge in [0.05, 0.1) is 17.4 Å². The molecule has 0 spiro atoms. The molecule has 0 bridgehead atoms. The number of hydrogen-bond acceptors (Lipinski definition) is 8. The SMILES string of the molecule is CC(=O)O[C@H]1[C@H](OC(=O)C(C)(C)C)C[C@H](OCc2ccccc2)O[C@@H]1COC(=O)C(C)(C)C. The van der Waals surface area contributed by atoms with Gasteiger partial charge in [0.2, 0.25) is 0 Å². The second kappa shape index (κ2) is 11.1. The lowest BCUT2D eigenvalue weighted by atomic mass is 9.95. The van der Waals surface area contributed by atoms with Crippen LogP contribution in [0.25, 0.3) is 0 Å². The van der Waals surface area contributed by atoms with E-state index in [9.17, 15) is 14.4 Å². The van der Waals surface area contributed by atoms with Crippen molar-refractivity contribution < 1.29 is 38.1 Å². The van der Waals surface area contributed by atoms with Gasteiger partial charge in [0.25, 0.3) is 0 Å². The molecule has 33 heavy (non-hydrogen) atoms. The van der Waals surface area contributed by atoms with Gasteiger partial charge in [0.1, 0.15) is 18.8 Å². The maximum absolute atomic E-state index is 12.6. The highest BCUT2D eigenvalue weighted by Gasteiger charge is 2.45.